The fraction of sp³-hybridized carbons (Fsp3) is 0.0566. The van der Waals surface area contributed by atoms with E-state index in [1.165, 1.54) is 77.2 Å². The normalized spacial score (nSPS) is 12.8. The van der Waals surface area contributed by atoms with Crippen LogP contribution in [0.2, 0.25) is 0 Å². The Bertz CT molecular complexity index is 2810. The number of hydrogen-bond donors (Lipinski definition) is 0. The van der Waals surface area contributed by atoms with E-state index < -0.39 is 0 Å². The number of rotatable bonds is 6. The van der Waals surface area contributed by atoms with Gasteiger partial charge >= 0.3 is 0 Å². The Morgan fingerprint density at radius 2 is 0.852 bits per heavy atom. The van der Waals surface area contributed by atoms with Crippen LogP contribution in [0.25, 0.3) is 66.1 Å². The van der Waals surface area contributed by atoms with Crippen LogP contribution in [-0.4, -0.2) is 0 Å². The lowest BCUT2D eigenvalue weighted by molar-refractivity contribution is 0.661. The van der Waals surface area contributed by atoms with Gasteiger partial charge in [0.05, 0.1) is 0 Å². The summed E-state index contributed by atoms with van der Waals surface area (Å²) in [5.41, 5.74) is 16.1. The second kappa shape index (κ2) is 12.8. The predicted molar refractivity (Wildman–Crippen MR) is 230 cm³/mol. The molecule has 0 aromatic heterocycles. The molecule has 0 heterocycles. The van der Waals surface area contributed by atoms with Crippen molar-refractivity contribution in [2.75, 3.05) is 4.90 Å². The third-order valence-electron chi connectivity index (χ3n) is 11.4. The van der Waals surface area contributed by atoms with Gasteiger partial charge in [0, 0.05) is 22.5 Å². The van der Waals surface area contributed by atoms with Crippen molar-refractivity contribution in [3.05, 3.63) is 211 Å². The van der Waals surface area contributed by atoms with E-state index in [4.69, 9.17) is 0 Å². The Labute approximate surface area is 317 Å². The van der Waals surface area contributed by atoms with Crippen LogP contribution >= 0.6 is 0 Å². The van der Waals surface area contributed by atoms with Gasteiger partial charge in [0.15, 0.2) is 0 Å². The summed E-state index contributed by atoms with van der Waals surface area (Å²) in [5, 5.41) is 5.09. The third kappa shape index (κ3) is 5.32. The highest BCUT2D eigenvalue weighted by Gasteiger charge is 2.37. The average molecular weight is 690 g/mol. The van der Waals surface area contributed by atoms with Gasteiger partial charge in [-0.3, -0.25) is 0 Å². The van der Waals surface area contributed by atoms with Gasteiger partial charge in [0.25, 0.3) is 0 Å². The van der Waals surface area contributed by atoms with Crippen LogP contribution in [0.4, 0.5) is 17.1 Å². The Balaban J connectivity index is 1.04. The van der Waals surface area contributed by atoms with E-state index in [0.29, 0.717) is 0 Å². The number of nitrogens with zero attached hydrogens (tertiary/aromatic N) is 1. The van der Waals surface area contributed by atoms with Crippen molar-refractivity contribution in [1.82, 2.24) is 0 Å². The highest BCUT2D eigenvalue weighted by molar-refractivity contribution is 6.09. The van der Waals surface area contributed by atoms with Crippen LogP contribution in [0.15, 0.2) is 200 Å². The summed E-state index contributed by atoms with van der Waals surface area (Å²) in [4.78, 5) is 2.36. The molecule has 0 spiro atoms. The van der Waals surface area contributed by atoms with Crippen molar-refractivity contribution in [3.63, 3.8) is 0 Å². The molecule has 0 N–H and O–H groups in total. The molecule has 0 atom stereocenters. The van der Waals surface area contributed by atoms with Gasteiger partial charge in [-0.15, -0.1) is 0 Å². The lowest BCUT2D eigenvalue weighted by atomic mass is 9.80. The van der Waals surface area contributed by atoms with Crippen molar-refractivity contribution in [2.24, 2.45) is 0 Å². The topological polar surface area (TPSA) is 3.24 Å². The molecule has 1 aliphatic rings. The minimum atomic E-state index is -0.146. The van der Waals surface area contributed by atoms with Gasteiger partial charge in [0.2, 0.25) is 0 Å². The summed E-state index contributed by atoms with van der Waals surface area (Å²) in [5.74, 6) is 0. The molecule has 9 aromatic carbocycles. The van der Waals surface area contributed by atoms with E-state index in [9.17, 15) is 0 Å². The number of hydrogen-bond acceptors (Lipinski definition) is 1. The molecule has 0 aliphatic heterocycles. The van der Waals surface area contributed by atoms with E-state index in [-0.39, 0.29) is 5.41 Å². The molecule has 1 nitrogen and oxygen atoms in total. The van der Waals surface area contributed by atoms with Crippen molar-refractivity contribution < 1.29 is 0 Å². The fourth-order valence-corrected chi connectivity index (χ4v) is 8.62. The summed E-state index contributed by atoms with van der Waals surface area (Å²) in [6.45, 7) is 4.77. The SMILES string of the molecule is CC1(C)c2cc(-c3ccc(N(c4ccc(-c5ccccc5)cc4)c4ccc5ccccc5c4)cc3)ccc2-c2c1cc(-c1ccccc1)c1ccccc21. The lowest BCUT2D eigenvalue weighted by Crippen LogP contribution is -2.15. The monoisotopic (exact) mass is 689 g/mol. The standard InChI is InChI=1S/C53H39N/c1-53(2)50-34-42(26-32-48(50)52-47-20-12-11-19-46(47)49(35-51(52)53)40-16-7-4-8-17-40)39-23-29-44(30-24-39)54(45-31-25-37-15-9-10-18-41(37)33-45)43-27-21-38(22-28-43)36-13-5-3-6-14-36/h3-35H,1-2H3. The molecule has 0 saturated carbocycles. The molecule has 1 aliphatic carbocycles. The van der Waals surface area contributed by atoms with E-state index >= 15 is 0 Å². The zero-order valence-corrected chi connectivity index (χ0v) is 30.5. The van der Waals surface area contributed by atoms with Crippen LogP contribution in [0.5, 0.6) is 0 Å². The van der Waals surface area contributed by atoms with Crippen molar-refractivity contribution in [1.29, 1.82) is 0 Å². The minimum Gasteiger partial charge on any atom is -0.310 e. The number of fused-ring (bicyclic) bond motifs is 6. The molecule has 0 amide bonds. The largest absolute Gasteiger partial charge is 0.310 e. The first kappa shape index (κ1) is 32.0. The molecule has 0 radical (unpaired) electrons. The first-order chi connectivity index (χ1) is 26.5. The quantitative estimate of drug-likeness (QED) is 0.168. The lowest BCUT2D eigenvalue weighted by Gasteiger charge is -2.26. The second-order valence-corrected chi connectivity index (χ2v) is 15.0. The Morgan fingerprint density at radius 1 is 0.333 bits per heavy atom. The first-order valence-corrected chi connectivity index (χ1v) is 18.8. The van der Waals surface area contributed by atoms with Crippen molar-refractivity contribution >= 4 is 38.6 Å². The smallest absolute Gasteiger partial charge is 0.0468 e. The maximum absolute atomic E-state index is 2.45. The predicted octanol–water partition coefficient (Wildman–Crippen LogP) is 14.8. The van der Waals surface area contributed by atoms with Gasteiger partial charge in [0.1, 0.15) is 0 Å². The molecule has 1 heteroatoms. The van der Waals surface area contributed by atoms with E-state index in [1.54, 1.807) is 0 Å². The summed E-state index contributed by atoms with van der Waals surface area (Å²) in [6.07, 6.45) is 0. The van der Waals surface area contributed by atoms with Gasteiger partial charge in [-0.25, -0.2) is 0 Å². The average Bonchev–Trinajstić information content (AvgIpc) is 3.47. The van der Waals surface area contributed by atoms with Crippen LogP contribution < -0.4 is 4.90 Å². The molecule has 10 rings (SSSR count). The van der Waals surface area contributed by atoms with E-state index in [2.05, 4.69) is 219 Å². The van der Waals surface area contributed by atoms with Gasteiger partial charge in [-0.2, -0.15) is 0 Å². The van der Waals surface area contributed by atoms with Crippen molar-refractivity contribution in [3.8, 4) is 44.5 Å². The number of anilines is 3. The van der Waals surface area contributed by atoms with Gasteiger partial charge in [-0.1, -0.05) is 166 Å². The number of benzene rings is 9. The molecule has 9 aromatic rings. The molecular formula is C53H39N. The molecular weight excluding hydrogens is 651 g/mol. The van der Waals surface area contributed by atoms with Crippen LogP contribution in [-0.2, 0) is 5.41 Å². The zero-order valence-electron chi connectivity index (χ0n) is 30.5. The van der Waals surface area contributed by atoms with Crippen molar-refractivity contribution in [2.45, 2.75) is 19.3 Å². The summed E-state index contributed by atoms with van der Waals surface area (Å²) in [7, 11) is 0. The highest BCUT2D eigenvalue weighted by atomic mass is 15.1. The van der Waals surface area contributed by atoms with E-state index in [0.717, 1.165) is 17.1 Å². The molecule has 256 valence electrons. The van der Waals surface area contributed by atoms with E-state index in [1.807, 2.05) is 0 Å². The first-order valence-electron chi connectivity index (χ1n) is 18.8. The summed E-state index contributed by atoms with van der Waals surface area (Å²) >= 11 is 0. The van der Waals surface area contributed by atoms with Gasteiger partial charge < -0.3 is 4.90 Å². The molecule has 0 bridgehead atoms. The molecule has 0 fully saturated rings. The molecule has 0 saturated heterocycles. The van der Waals surface area contributed by atoms with Crippen LogP contribution in [0.3, 0.4) is 0 Å². The van der Waals surface area contributed by atoms with Crippen LogP contribution in [0, 0.1) is 0 Å². The highest BCUT2D eigenvalue weighted by Crippen LogP contribution is 2.54. The Hall–Kier alpha value is -6.70. The summed E-state index contributed by atoms with van der Waals surface area (Å²) in [6, 6.07) is 73.2. The third-order valence-corrected chi connectivity index (χ3v) is 11.4. The fourth-order valence-electron chi connectivity index (χ4n) is 8.62. The van der Waals surface area contributed by atoms with Crippen LogP contribution in [0.1, 0.15) is 25.0 Å². The Morgan fingerprint density at radius 3 is 1.54 bits per heavy atom. The summed E-state index contributed by atoms with van der Waals surface area (Å²) < 4.78 is 0. The molecule has 54 heavy (non-hydrogen) atoms. The van der Waals surface area contributed by atoms with Gasteiger partial charge in [-0.05, 0) is 126 Å². The minimum absolute atomic E-state index is 0.146. The maximum Gasteiger partial charge on any atom is 0.0468 e. The second-order valence-electron chi connectivity index (χ2n) is 15.0. The molecule has 0 unspecified atom stereocenters. The Kier molecular flexibility index (Phi) is 7.56. The zero-order chi connectivity index (χ0) is 36.2. The maximum atomic E-state index is 2.45.